The van der Waals surface area contributed by atoms with E-state index in [4.69, 9.17) is 10.5 Å². The van der Waals surface area contributed by atoms with E-state index >= 15 is 0 Å². The predicted octanol–water partition coefficient (Wildman–Crippen LogP) is 1.00. The molecule has 0 radical (unpaired) electrons. The Bertz CT molecular complexity index is 325. The number of nitrogens with two attached hydrogens (primary N) is 1. The van der Waals surface area contributed by atoms with Crippen molar-refractivity contribution in [1.29, 1.82) is 0 Å². The molecule has 0 amide bonds. The number of aliphatic hydroxyl groups is 1. The van der Waals surface area contributed by atoms with E-state index in [1.807, 2.05) is 18.2 Å². The number of hydrogen-bond donors (Lipinski definition) is 2. The zero-order valence-corrected chi connectivity index (χ0v) is 8.07. The lowest BCUT2D eigenvalue weighted by Gasteiger charge is -2.13. The number of hydrogen-bond acceptors (Lipinski definition) is 3. The highest BCUT2D eigenvalue weighted by Crippen LogP contribution is 2.34. The van der Waals surface area contributed by atoms with Crippen LogP contribution >= 0.6 is 0 Å². The Morgan fingerprint density at radius 1 is 1.50 bits per heavy atom. The number of para-hydroxylation sites is 1. The molecule has 3 heteroatoms. The van der Waals surface area contributed by atoms with Crippen molar-refractivity contribution >= 4 is 0 Å². The fraction of sp³-hybridized carbons (Fsp3) is 0.455. The minimum Gasteiger partial charge on any atom is -0.493 e. The lowest BCUT2D eigenvalue weighted by Crippen LogP contribution is -2.07. The molecule has 3 nitrogen and oxygen atoms in total. The molecule has 0 saturated heterocycles. The van der Waals surface area contributed by atoms with Gasteiger partial charge in [0.1, 0.15) is 5.75 Å². The minimum absolute atomic E-state index is 0.491. The van der Waals surface area contributed by atoms with Gasteiger partial charge in [-0.05, 0) is 18.5 Å². The molecule has 0 aliphatic carbocycles. The first-order chi connectivity index (χ1) is 6.83. The van der Waals surface area contributed by atoms with E-state index in [0.29, 0.717) is 13.0 Å². The summed E-state index contributed by atoms with van der Waals surface area (Å²) >= 11 is 0. The largest absolute Gasteiger partial charge is 0.493 e. The van der Waals surface area contributed by atoms with E-state index in [1.54, 1.807) is 0 Å². The van der Waals surface area contributed by atoms with E-state index < -0.39 is 6.10 Å². The summed E-state index contributed by atoms with van der Waals surface area (Å²) in [5.74, 6) is 0.869. The molecule has 1 aliphatic heterocycles. The summed E-state index contributed by atoms with van der Waals surface area (Å²) in [4.78, 5) is 0. The summed E-state index contributed by atoms with van der Waals surface area (Å²) in [5.41, 5.74) is 7.48. The van der Waals surface area contributed by atoms with Crippen LogP contribution in [-0.4, -0.2) is 18.3 Å². The fourth-order valence-corrected chi connectivity index (χ4v) is 1.82. The van der Waals surface area contributed by atoms with Gasteiger partial charge in [0, 0.05) is 12.0 Å². The molecule has 76 valence electrons. The van der Waals surface area contributed by atoms with Gasteiger partial charge in [-0.1, -0.05) is 18.2 Å². The molecule has 0 aromatic heterocycles. The van der Waals surface area contributed by atoms with Crippen molar-refractivity contribution in [2.75, 3.05) is 13.2 Å². The van der Waals surface area contributed by atoms with Gasteiger partial charge >= 0.3 is 0 Å². The van der Waals surface area contributed by atoms with E-state index in [2.05, 4.69) is 0 Å². The third-order valence-corrected chi connectivity index (χ3v) is 2.54. The maximum atomic E-state index is 9.82. The molecule has 0 saturated carbocycles. The monoisotopic (exact) mass is 193 g/mol. The second-order valence-corrected chi connectivity index (χ2v) is 3.53. The smallest absolute Gasteiger partial charge is 0.128 e. The molecular weight excluding hydrogens is 178 g/mol. The second-order valence-electron chi connectivity index (χ2n) is 3.53. The van der Waals surface area contributed by atoms with Crippen LogP contribution < -0.4 is 10.5 Å². The first-order valence-corrected chi connectivity index (χ1v) is 4.95. The Labute approximate surface area is 83.5 Å². The molecule has 2 rings (SSSR count). The highest BCUT2D eigenvalue weighted by atomic mass is 16.5. The lowest BCUT2D eigenvalue weighted by molar-refractivity contribution is 0.165. The van der Waals surface area contributed by atoms with Crippen molar-refractivity contribution in [3.05, 3.63) is 29.3 Å². The van der Waals surface area contributed by atoms with Crippen LogP contribution in [0.2, 0.25) is 0 Å². The van der Waals surface area contributed by atoms with Crippen LogP contribution in [-0.2, 0) is 6.42 Å². The minimum atomic E-state index is -0.493. The summed E-state index contributed by atoms with van der Waals surface area (Å²) < 4.78 is 5.50. The molecule has 0 unspecified atom stereocenters. The Kier molecular flexibility index (Phi) is 2.70. The van der Waals surface area contributed by atoms with Gasteiger partial charge in [-0.15, -0.1) is 0 Å². The maximum absolute atomic E-state index is 9.82. The van der Waals surface area contributed by atoms with Gasteiger partial charge in [0.25, 0.3) is 0 Å². The van der Waals surface area contributed by atoms with Gasteiger partial charge in [0.2, 0.25) is 0 Å². The molecule has 1 atom stereocenters. The summed E-state index contributed by atoms with van der Waals surface area (Å²) in [6, 6.07) is 5.91. The molecule has 3 N–H and O–H groups in total. The molecule has 1 heterocycles. The van der Waals surface area contributed by atoms with Gasteiger partial charge in [0.15, 0.2) is 0 Å². The van der Waals surface area contributed by atoms with Gasteiger partial charge in [-0.3, -0.25) is 0 Å². The number of aliphatic hydroxyl groups excluding tert-OH is 1. The van der Waals surface area contributed by atoms with Crippen molar-refractivity contribution in [1.82, 2.24) is 0 Å². The van der Waals surface area contributed by atoms with Crippen LogP contribution in [0.3, 0.4) is 0 Å². The van der Waals surface area contributed by atoms with E-state index in [-0.39, 0.29) is 0 Å². The molecule has 14 heavy (non-hydrogen) atoms. The van der Waals surface area contributed by atoms with E-state index in [9.17, 15) is 5.11 Å². The fourth-order valence-electron chi connectivity index (χ4n) is 1.82. The third-order valence-electron chi connectivity index (χ3n) is 2.54. The van der Waals surface area contributed by atoms with Gasteiger partial charge in [-0.25, -0.2) is 0 Å². The van der Waals surface area contributed by atoms with E-state index in [1.165, 1.54) is 5.56 Å². The Hall–Kier alpha value is -1.06. The first kappa shape index (κ1) is 9.49. The second kappa shape index (κ2) is 3.98. The number of fused-ring (bicyclic) bond motifs is 1. The standard InChI is InChI=1S/C11H15NO2/c12-6-4-10(13)9-3-1-2-8-5-7-14-11(8)9/h1-3,10,13H,4-7,12H2/t10-/m0/s1. The van der Waals surface area contributed by atoms with Crippen LogP contribution in [0.25, 0.3) is 0 Å². The van der Waals surface area contributed by atoms with E-state index in [0.717, 1.165) is 24.3 Å². The summed E-state index contributed by atoms with van der Waals surface area (Å²) in [6.45, 7) is 1.21. The van der Waals surface area contributed by atoms with Crippen molar-refractivity contribution in [3.8, 4) is 5.75 Å². The zero-order valence-electron chi connectivity index (χ0n) is 8.07. The number of rotatable bonds is 3. The van der Waals surface area contributed by atoms with Gasteiger partial charge < -0.3 is 15.6 Å². The highest BCUT2D eigenvalue weighted by Gasteiger charge is 2.19. The third kappa shape index (κ3) is 1.61. The van der Waals surface area contributed by atoms with Crippen molar-refractivity contribution in [3.63, 3.8) is 0 Å². The molecule has 0 spiro atoms. The molecule has 1 aromatic rings. The van der Waals surface area contributed by atoms with Crippen LogP contribution in [0.4, 0.5) is 0 Å². The molecule has 1 aliphatic rings. The van der Waals surface area contributed by atoms with Gasteiger partial charge in [-0.2, -0.15) is 0 Å². The summed E-state index contributed by atoms with van der Waals surface area (Å²) in [7, 11) is 0. The van der Waals surface area contributed by atoms with Crippen molar-refractivity contribution in [2.24, 2.45) is 5.73 Å². The molecule has 1 aromatic carbocycles. The lowest BCUT2D eigenvalue weighted by atomic mass is 10.0. The average Bonchev–Trinajstić information content (AvgIpc) is 2.65. The predicted molar refractivity (Wildman–Crippen MR) is 54.3 cm³/mol. The highest BCUT2D eigenvalue weighted by molar-refractivity contribution is 5.45. The molecular formula is C11H15NO2. The quantitative estimate of drug-likeness (QED) is 0.753. The topological polar surface area (TPSA) is 55.5 Å². The summed E-state index contributed by atoms with van der Waals surface area (Å²) in [6.07, 6.45) is 1.03. The summed E-state index contributed by atoms with van der Waals surface area (Å²) in [5, 5.41) is 9.82. The average molecular weight is 193 g/mol. The van der Waals surface area contributed by atoms with Crippen LogP contribution in [0.15, 0.2) is 18.2 Å². The van der Waals surface area contributed by atoms with Crippen LogP contribution in [0.5, 0.6) is 5.75 Å². The van der Waals surface area contributed by atoms with Crippen molar-refractivity contribution in [2.45, 2.75) is 18.9 Å². The normalized spacial score (nSPS) is 16.1. The van der Waals surface area contributed by atoms with Gasteiger partial charge in [0.05, 0.1) is 12.7 Å². The Morgan fingerprint density at radius 2 is 2.36 bits per heavy atom. The van der Waals surface area contributed by atoms with Crippen LogP contribution in [0.1, 0.15) is 23.7 Å². The molecule has 0 bridgehead atoms. The number of ether oxygens (including phenoxy) is 1. The van der Waals surface area contributed by atoms with Crippen LogP contribution in [0, 0.1) is 0 Å². The SMILES string of the molecule is NCC[C@H](O)c1cccc2c1OCC2. The Balaban J connectivity index is 2.29. The maximum Gasteiger partial charge on any atom is 0.128 e. The number of benzene rings is 1. The molecule has 0 fully saturated rings. The Morgan fingerprint density at radius 3 is 3.14 bits per heavy atom. The van der Waals surface area contributed by atoms with Crippen molar-refractivity contribution < 1.29 is 9.84 Å². The first-order valence-electron chi connectivity index (χ1n) is 4.95. The zero-order chi connectivity index (χ0) is 9.97.